The van der Waals surface area contributed by atoms with Gasteiger partial charge in [-0.1, -0.05) is 12.1 Å². The van der Waals surface area contributed by atoms with Crippen LogP contribution in [0, 0.1) is 11.8 Å². The van der Waals surface area contributed by atoms with E-state index >= 15 is 0 Å². The van der Waals surface area contributed by atoms with Crippen LogP contribution >= 0.6 is 0 Å². The van der Waals surface area contributed by atoms with Gasteiger partial charge in [0.1, 0.15) is 0 Å². The second-order valence-corrected chi connectivity index (χ2v) is 7.90. The average Bonchev–Trinajstić information content (AvgIpc) is 3.26. The van der Waals surface area contributed by atoms with Crippen LogP contribution in [0.5, 0.6) is 0 Å². The number of hydrogen-bond donors (Lipinski definition) is 3. The van der Waals surface area contributed by atoms with Crippen LogP contribution in [0.4, 0.5) is 0 Å². The van der Waals surface area contributed by atoms with Gasteiger partial charge >= 0.3 is 0 Å². The molecule has 0 heterocycles. The Hall–Kier alpha value is -1.93. The van der Waals surface area contributed by atoms with Crippen molar-refractivity contribution < 1.29 is 18.0 Å². The molecule has 1 aliphatic rings. The summed E-state index contributed by atoms with van der Waals surface area (Å²) in [5.74, 6) is -0.640. The molecule has 0 aromatic heterocycles. The van der Waals surface area contributed by atoms with Crippen molar-refractivity contribution in [1.29, 1.82) is 0 Å². The van der Waals surface area contributed by atoms with Gasteiger partial charge in [0.05, 0.1) is 16.7 Å². The molecule has 1 aromatic carbocycles. The van der Waals surface area contributed by atoms with Crippen LogP contribution in [0.25, 0.3) is 0 Å². The van der Waals surface area contributed by atoms with Crippen molar-refractivity contribution >= 4 is 21.8 Å². The second-order valence-electron chi connectivity index (χ2n) is 6.34. The molecule has 24 heavy (non-hydrogen) atoms. The summed E-state index contributed by atoms with van der Waals surface area (Å²) in [6.45, 7) is 4.20. The summed E-state index contributed by atoms with van der Waals surface area (Å²) in [7, 11) is -3.69. The quantitative estimate of drug-likeness (QED) is 0.647. The molecule has 1 aliphatic carbocycles. The summed E-state index contributed by atoms with van der Waals surface area (Å²) >= 11 is 0. The number of amides is 2. The predicted octanol–water partition coefficient (Wildman–Crippen LogP) is 0.153. The molecule has 2 unspecified atom stereocenters. The lowest BCUT2D eigenvalue weighted by atomic mass is 10.1. The summed E-state index contributed by atoms with van der Waals surface area (Å²) in [5.41, 5.74) is 0.896. The molecule has 7 nitrogen and oxygen atoms in total. The fraction of sp³-hybridized carbons (Fsp3) is 0.500. The Labute approximate surface area is 142 Å². The molecule has 132 valence electrons. The highest BCUT2D eigenvalue weighted by molar-refractivity contribution is 7.89. The Morgan fingerprint density at radius 1 is 1.17 bits per heavy atom. The van der Waals surface area contributed by atoms with Gasteiger partial charge in [0.25, 0.3) is 0 Å². The molecular weight excluding hydrogens is 330 g/mol. The molecule has 2 rings (SSSR count). The lowest BCUT2D eigenvalue weighted by molar-refractivity contribution is -0.127. The summed E-state index contributed by atoms with van der Waals surface area (Å²) in [4.78, 5) is 23.8. The molecule has 2 amide bonds. The molecule has 0 saturated heterocycles. The maximum atomic E-state index is 12.0. The van der Waals surface area contributed by atoms with Crippen molar-refractivity contribution in [1.82, 2.24) is 10.6 Å². The van der Waals surface area contributed by atoms with Gasteiger partial charge in [-0.2, -0.15) is 0 Å². The van der Waals surface area contributed by atoms with Crippen molar-refractivity contribution in [3.63, 3.8) is 0 Å². The van der Waals surface area contributed by atoms with Crippen LogP contribution < -0.4 is 15.8 Å². The first kappa shape index (κ1) is 18.4. The monoisotopic (exact) mass is 353 g/mol. The van der Waals surface area contributed by atoms with E-state index in [4.69, 9.17) is 5.14 Å². The number of carbonyl (C=O) groups is 2. The van der Waals surface area contributed by atoms with Gasteiger partial charge in [0, 0.05) is 12.6 Å². The third-order valence-corrected chi connectivity index (χ3v) is 4.79. The Balaban J connectivity index is 1.75. The zero-order valence-corrected chi connectivity index (χ0v) is 14.6. The molecular formula is C16H23N3O4S. The standard InChI is InChI=1S/C16H23N3O4S/c1-10(2)19-16(21)14-9-13(14)15(20)18-8-7-11-3-5-12(6-4-11)24(17,22)23/h3-6,10,13-14H,7-9H2,1-2H3,(H,18,20)(H,19,21)(H2,17,22,23). The van der Waals surface area contributed by atoms with Crippen LogP contribution in [-0.4, -0.2) is 32.8 Å². The minimum absolute atomic E-state index is 0.0623. The van der Waals surface area contributed by atoms with E-state index in [1.807, 2.05) is 13.8 Å². The van der Waals surface area contributed by atoms with Gasteiger partial charge in [0.2, 0.25) is 21.8 Å². The first-order chi connectivity index (χ1) is 11.2. The fourth-order valence-electron chi connectivity index (χ4n) is 2.47. The molecule has 0 bridgehead atoms. The number of rotatable bonds is 7. The molecule has 1 aromatic rings. The third-order valence-electron chi connectivity index (χ3n) is 3.86. The number of nitrogens with two attached hydrogens (primary N) is 1. The first-order valence-electron chi connectivity index (χ1n) is 7.88. The van der Waals surface area contributed by atoms with E-state index in [0.29, 0.717) is 19.4 Å². The van der Waals surface area contributed by atoms with E-state index in [9.17, 15) is 18.0 Å². The molecule has 1 saturated carbocycles. The van der Waals surface area contributed by atoms with E-state index in [2.05, 4.69) is 10.6 Å². The summed E-state index contributed by atoms with van der Waals surface area (Å²) in [5, 5.41) is 10.7. The van der Waals surface area contributed by atoms with Gasteiger partial charge in [-0.05, 0) is 44.4 Å². The van der Waals surface area contributed by atoms with Gasteiger partial charge in [-0.25, -0.2) is 13.6 Å². The Morgan fingerprint density at radius 3 is 2.29 bits per heavy atom. The lowest BCUT2D eigenvalue weighted by Gasteiger charge is -2.08. The molecule has 0 aliphatic heterocycles. The number of carbonyl (C=O) groups excluding carboxylic acids is 2. The van der Waals surface area contributed by atoms with E-state index < -0.39 is 10.0 Å². The van der Waals surface area contributed by atoms with Crippen LogP contribution in [-0.2, 0) is 26.0 Å². The molecule has 0 radical (unpaired) electrons. The van der Waals surface area contributed by atoms with Crippen molar-refractivity contribution in [2.45, 2.75) is 37.6 Å². The van der Waals surface area contributed by atoms with Gasteiger partial charge in [0.15, 0.2) is 0 Å². The van der Waals surface area contributed by atoms with Gasteiger partial charge in [-0.15, -0.1) is 0 Å². The van der Waals surface area contributed by atoms with Crippen LogP contribution in [0.2, 0.25) is 0 Å². The minimum Gasteiger partial charge on any atom is -0.356 e. The highest BCUT2D eigenvalue weighted by Gasteiger charge is 2.47. The molecule has 8 heteroatoms. The average molecular weight is 353 g/mol. The first-order valence-corrected chi connectivity index (χ1v) is 9.43. The smallest absolute Gasteiger partial charge is 0.238 e. The largest absolute Gasteiger partial charge is 0.356 e. The zero-order valence-electron chi connectivity index (χ0n) is 13.8. The zero-order chi connectivity index (χ0) is 17.9. The number of primary sulfonamides is 1. The van der Waals surface area contributed by atoms with Crippen LogP contribution in [0.15, 0.2) is 29.2 Å². The van der Waals surface area contributed by atoms with E-state index in [1.54, 1.807) is 12.1 Å². The van der Waals surface area contributed by atoms with Crippen molar-refractivity contribution in [3.05, 3.63) is 29.8 Å². The molecule has 4 N–H and O–H groups in total. The number of benzene rings is 1. The Bertz CT molecular complexity index is 713. The van der Waals surface area contributed by atoms with Gasteiger partial charge < -0.3 is 10.6 Å². The number of sulfonamides is 1. The summed E-state index contributed by atoms with van der Waals surface area (Å²) in [6, 6.07) is 6.30. The van der Waals surface area contributed by atoms with E-state index in [0.717, 1.165) is 5.56 Å². The normalized spacial score (nSPS) is 19.8. The predicted molar refractivity (Wildman–Crippen MR) is 89.4 cm³/mol. The minimum atomic E-state index is -3.69. The van der Waals surface area contributed by atoms with Crippen molar-refractivity contribution in [2.24, 2.45) is 17.0 Å². The lowest BCUT2D eigenvalue weighted by Crippen LogP contribution is -2.34. The summed E-state index contributed by atoms with van der Waals surface area (Å²) in [6.07, 6.45) is 1.17. The number of nitrogens with one attached hydrogen (secondary N) is 2. The molecule has 0 spiro atoms. The van der Waals surface area contributed by atoms with Gasteiger partial charge in [-0.3, -0.25) is 9.59 Å². The van der Waals surface area contributed by atoms with Crippen molar-refractivity contribution in [3.8, 4) is 0 Å². The highest BCUT2D eigenvalue weighted by Crippen LogP contribution is 2.38. The summed E-state index contributed by atoms with van der Waals surface area (Å²) < 4.78 is 22.3. The maximum absolute atomic E-state index is 12.0. The van der Waals surface area contributed by atoms with Crippen LogP contribution in [0.3, 0.4) is 0 Å². The maximum Gasteiger partial charge on any atom is 0.238 e. The fourth-order valence-corrected chi connectivity index (χ4v) is 2.99. The topological polar surface area (TPSA) is 118 Å². The van der Waals surface area contributed by atoms with Crippen molar-refractivity contribution in [2.75, 3.05) is 6.54 Å². The molecule has 2 atom stereocenters. The van der Waals surface area contributed by atoms with E-state index in [1.165, 1.54) is 12.1 Å². The third kappa shape index (κ3) is 5.04. The SMILES string of the molecule is CC(C)NC(=O)C1CC1C(=O)NCCc1ccc(S(N)(=O)=O)cc1. The highest BCUT2D eigenvalue weighted by atomic mass is 32.2. The Morgan fingerprint density at radius 2 is 1.75 bits per heavy atom. The number of hydrogen-bond acceptors (Lipinski definition) is 4. The molecule has 1 fully saturated rings. The Kier molecular flexibility index (Phi) is 5.61. The van der Waals surface area contributed by atoms with E-state index in [-0.39, 0.29) is 34.6 Å². The second kappa shape index (κ2) is 7.31. The van der Waals surface area contributed by atoms with Crippen LogP contribution in [0.1, 0.15) is 25.8 Å².